The molecule has 0 amide bonds. The van der Waals surface area contributed by atoms with Gasteiger partial charge < -0.3 is 44.8 Å². The molecule has 1 heterocycles. The van der Waals surface area contributed by atoms with Gasteiger partial charge in [0.15, 0.2) is 29.3 Å². The molecule has 1 aliphatic heterocycles. The minimum Gasteiger partial charge on any atom is -0.504 e. The lowest BCUT2D eigenvalue weighted by atomic mass is 9.88. The fourth-order valence-corrected chi connectivity index (χ4v) is 4.02. The summed E-state index contributed by atoms with van der Waals surface area (Å²) in [6.45, 7) is -0.564. The van der Waals surface area contributed by atoms with Crippen molar-refractivity contribution in [3.8, 4) is 17.2 Å². The van der Waals surface area contributed by atoms with Gasteiger partial charge in [0.2, 0.25) is 0 Å². The van der Waals surface area contributed by atoms with E-state index in [2.05, 4.69) is 0 Å². The Hall–Kier alpha value is -3.22. The number of Topliss-reactive ketones (excluding diaryl/α,β-unsaturated/α-hetero) is 1. The highest BCUT2D eigenvalue weighted by atomic mass is 16.7. The maximum absolute atomic E-state index is 12.3. The second kappa shape index (κ2) is 9.57. The highest BCUT2D eigenvalue weighted by Crippen LogP contribution is 2.37. The Morgan fingerprint density at radius 3 is 2.38 bits per heavy atom. The molecule has 0 unspecified atom stereocenters. The number of carbonyl (C=O) groups excluding carboxylic acids is 2. The maximum atomic E-state index is 12.3. The van der Waals surface area contributed by atoms with Crippen molar-refractivity contribution in [1.29, 1.82) is 0 Å². The van der Waals surface area contributed by atoms with E-state index in [0.717, 1.165) is 12.1 Å². The largest absolute Gasteiger partial charge is 0.504 e. The molecule has 11 nitrogen and oxygen atoms in total. The monoisotopic (exact) mass is 476 g/mol. The van der Waals surface area contributed by atoms with Gasteiger partial charge in [-0.2, -0.15) is 0 Å². The summed E-state index contributed by atoms with van der Waals surface area (Å²) in [5.74, 6) is -3.32. The van der Waals surface area contributed by atoms with Gasteiger partial charge in [0, 0.05) is 12.0 Å². The van der Waals surface area contributed by atoms with Crippen molar-refractivity contribution in [3.63, 3.8) is 0 Å². The fraction of sp³-hybridized carbons (Fsp3) is 0.391. The van der Waals surface area contributed by atoms with Crippen LogP contribution in [-0.4, -0.2) is 79.7 Å². The molecule has 1 saturated heterocycles. The van der Waals surface area contributed by atoms with E-state index >= 15 is 0 Å². The Balaban J connectivity index is 1.45. The van der Waals surface area contributed by atoms with E-state index in [1.165, 1.54) is 0 Å². The van der Waals surface area contributed by atoms with E-state index in [1.807, 2.05) is 0 Å². The summed E-state index contributed by atoms with van der Waals surface area (Å²) in [4.78, 5) is 24.4. The first kappa shape index (κ1) is 23.9. The van der Waals surface area contributed by atoms with Gasteiger partial charge in [-0.25, -0.2) is 4.79 Å². The standard InChI is InChI=1S/C23H24O11/c24-13-5-6-16(12-4-2-1-3-11(12)13)33-23-21(30)20(29)19(28)17(34-23)9-32-22(31)10-7-14(25)18(27)15(26)8-10/h1-4,7-8,16-17,19-21,23,25-30H,5-6,9H2/t16-,17+,19+,20-,21+,23+/m0/s1. The number of aliphatic hydroxyl groups excluding tert-OH is 3. The Labute approximate surface area is 193 Å². The Kier molecular flexibility index (Phi) is 6.73. The number of hydrogen-bond donors (Lipinski definition) is 6. The zero-order valence-electron chi connectivity index (χ0n) is 17.8. The first-order valence-corrected chi connectivity index (χ1v) is 10.6. The normalized spacial score (nSPS) is 28.9. The second-order valence-corrected chi connectivity index (χ2v) is 8.15. The molecule has 0 aromatic heterocycles. The Morgan fingerprint density at radius 2 is 1.68 bits per heavy atom. The highest BCUT2D eigenvalue weighted by Gasteiger charge is 2.46. The van der Waals surface area contributed by atoms with Gasteiger partial charge in [-0.05, 0) is 24.1 Å². The van der Waals surface area contributed by atoms with E-state index < -0.39 is 66.6 Å². The lowest BCUT2D eigenvalue weighted by molar-refractivity contribution is -0.312. The number of benzene rings is 2. The van der Waals surface area contributed by atoms with Crippen molar-refractivity contribution in [2.75, 3.05) is 6.61 Å². The molecular formula is C23H24O11. The van der Waals surface area contributed by atoms with Crippen molar-refractivity contribution in [3.05, 3.63) is 53.1 Å². The summed E-state index contributed by atoms with van der Waals surface area (Å²) in [5.41, 5.74) is 0.829. The molecule has 34 heavy (non-hydrogen) atoms. The van der Waals surface area contributed by atoms with E-state index in [1.54, 1.807) is 24.3 Å². The molecule has 11 heteroatoms. The molecule has 6 atom stereocenters. The average molecular weight is 476 g/mol. The van der Waals surface area contributed by atoms with Gasteiger partial charge in [-0.15, -0.1) is 0 Å². The van der Waals surface area contributed by atoms with Crippen LogP contribution in [-0.2, 0) is 14.2 Å². The summed E-state index contributed by atoms with van der Waals surface area (Å²) in [6.07, 6.45) is -7.64. The number of ketones is 1. The molecule has 2 aliphatic rings. The molecule has 1 aliphatic carbocycles. The second-order valence-electron chi connectivity index (χ2n) is 8.15. The lowest BCUT2D eigenvalue weighted by Crippen LogP contribution is -2.59. The number of fused-ring (bicyclic) bond motifs is 1. The van der Waals surface area contributed by atoms with Gasteiger partial charge in [0.05, 0.1) is 11.7 Å². The van der Waals surface area contributed by atoms with Crippen molar-refractivity contribution < 1.29 is 54.4 Å². The molecule has 0 radical (unpaired) electrons. The highest BCUT2D eigenvalue weighted by molar-refractivity contribution is 5.98. The van der Waals surface area contributed by atoms with Crippen LogP contribution in [0.3, 0.4) is 0 Å². The van der Waals surface area contributed by atoms with Gasteiger partial charge >= 0.3 is 5.97 Å². The number of esters is 1. The number of ether oxygens (including phenoxy) is 3. The number of phenols is 3. The van der Waals surface area contributed by atoms with Crippen LogP contribution in [0.5, 0.6) is 17.2 Å². The van der Waals surface area contributed by atoms with Crippen LogP contribution in [0, 0.1) is 0 Å². The SMILES string of the molecule is O=C(OC[C@H]1O[C@@H](O[C@H]2CCC(=O)c3ccccc32)[C@H](O)[C@@H](O)[C@@H]1O)c1cc(O)c(O)c(O)c1. The first-order valence-electron chi connectivity index (χ1n) is 10.6. The molecule has 2 aromatic rings. The minimum absolute atomic E-state index is 0.0351. The van der Waals surface area contributed by atoms with Crippen molar-refractivity contribution >= 4 is 11.8 Å². The van der Waals surface area contributed by atoms with Gasteiger partial charge in [-0.1, -0.05) is 24.3 Å². The number of aromatic hydroxyl groups is 3. The zero-order valence-corrected chi connectivity index (χ0v) is 17.8. The third-order valence-electron chi connectivity index (χ3n) is 5.89. The first-order chi connectivity index (χ1) is 16.2. The molecule has 0 saturated carbocycles. The van der Waals surface area contributed by atoms with E-state index in [9.17, 15) is 40.2 Å². The molecular weight excluding hydrogens is 452 g/mol. The van der Waals surface area contributed by atoms with Gasteiger partial charge in [0.25, 0.3) is 0 Å². The summed E-state index contributed by atoms with van der Waals surface area (Å²) < 4.78 is 16.5. The Bertz CT molecular complexity index is 1060. The van der Waals surface area contributed by atoms with Crippen LogP contribution >= 0.6 is 0 Å². The van der Waals surface area contributed by atoms with Crippen LogP contribution in [0.4, 0.5) is 0 Å². The van der Waals surface area contributed by atoms with Crippen molar-refractivity contribution in [1.82, 2.24) is 0 Å². The summed E-state index contributed by atoms with van der Waals surface area (Å²) >= 11 is 0. The number of rotatable bonds is 5. The number of carbonyl (C=O) groups is 2. The van der Waals surface area contributed by atoms with E-state index in [4.69, 9.17) is 14.2 Å². The molecule has 0 spiro atoms. The number of aliphatic hydroxyl groups is 3. The summed E-state index contributed by atoms with van der Waals surface area (Å²) in [5, 5.41) is 59.5. The van der Waals surface area contributed by atoms with E-state index in [0.29, 0.717) is 17.5 Å². The summed E-state index contributed by atoms with van der Waals surface area (Å²) in [7, 11) is 0. The molecule has 2 aromatic carbocycles. The average Bonchev–Trinajstić information content (AvgIpc) is 2.83. The molecule has 6 N–H and O–H groups in total. The maximum Gasteiger partial charge on any atom is 0.338 e. The number of hydrogen-bond acceptors (Lipinski definition) is 11. The molecule has 0 bridgehead atoms. The predicted octanol–water partition coefficient (Wildman–Crippen LogP) is 0.502. The quantitative estimate of drug-likeness (QED) is 0.261. The molecule has 4 rings (SSSR count). The van der Waals surface area contributed by atoms with Crippen LogP contribution in [0.1, 0.15) is 45.2 Å². The third kappa shape index (κ3) is 4.56. The van der Waals surface area contributed by atoms with E-state index in [-0.39, 0.29) is 17.8 Å². The smallest absolute Gasteiger partial charge is 0.338 e. The van der Waals surface area contributed by atoms with Gasteiger partial charge in [0.1, 0.15) is 31.0 Å². The topological polar surface area (TPSA) is 183 Å². The van der Waals surface area contributed by atoms with Crippen molar-refractivity contribution in [2.24, 2.45) is 0 Å². The molecule has 182 valence electrons. The van der Waals surface area contributed by atoms with Crippen LogP contribution in [0.25, 0.3) is 0 Å². The van der Waals surface area contributed by atoms with Crippen LogP contribution in [0.2, 0.25) is 0 Å². The van der Waals surface area contributed by atoms with Crippen LogP contribution in [0.15, 0.2) is 36.4 Å². The molecule has 1 fully saturated rings. The van der Waals surface area contributed by atoms with Gasteiger partial charge in [-0.3, -0.25) is 4.79 Å². The fourth-order valence-electron chi connectivity index (χ4n) is 4.02. The summed E-state index contributed by atoms with van der Waals surface area (Å²) in [6, 6.07) is 8.61. The zero-order chi connectivity index (χ0) is 24.6. The predicted molar refractivity (Wildman–Crippen MR) is 112 cm³/mol. The third-order valence-corrected chi connectivity index (χ3v) is 5.89. The minimum atomic E-state index is -1.68. The van der Waals surface area contributed by atoms with Crippen LogP contribution < -0.4 is 0 Å². The Morgan fingerprint density at radius 1 is 1.00 bits per heavy atom. The number of phenolic OH excluding ortho intramolecular Hbond substituents is 3. The van der Waals surface area contributed by atoms with Crippen molar-refractivity contribution in [2.45, 2.75) is 49.7 Å². The lowest BCUT2D eigenvalue weighted by Gasteiger charge is -2.41.